The molecule has 1 aromatic rings. The molecule has 0 fully saturated rings. The number of hydrogen-bond acceptors (Lipinski definition) is 2. The fraction of sp³-hybridized carbons (Fsp3) is 0.364. The third kappa shape index (κ3) is 2.16. The number of benzene rings is 1. The topological polar surface area (TPSA) is 43.1 Å². The standard InChI is InChI=1S/C11H15NO/c1-8-4-5-9(7-13)10(6-8)11(2,3)12/h4-7H,12H2,1-3H3. The first kappa shape index (κ1) is 9.93. The average molecular weight is 177 g/mol. The van der Waals surface area contributed by atoms with Crippen LogP contribution in [0, 0.1) is 6.92 Å². The van der Waals surface area contributed by atoms with Crippen LogP contribution in [0.2, 0.25) is 0 Å². The number of carbonyl (C=O) groups excluding carboxylic acids is 1. The van der Waals surface area contributed by atoms with Gasteiger partial charge in [0, 0.05) is 11.1 Å². The zero-order valence-electron chi connectivity index (χ0n) is 8.29. The van der Waals surface area contributed by atoms with E-state index in [-0.39, 0.29) is 0 Å². The Kier molecular flexibility index (Phi) is 2.52. The van der Waals surface area contributed by atoms with Crippen molar-refractivity contribution in [2.75, 3.05) is 0 Å². The Morgan fingerprint density at radius 2 is 2.00 bits per heavy atom. The molecule has 0 radical (unpaired) electrons. The highest BCUT2D eigenvalue weighted by atomic mass is 16.1. The maximum Gasteiger partial charge on any atom is 0.150 e. The van der Waals surface area contributed by atoms with Crippen LogP contribution in [0.4, 0.5) is 0 Å². The molecule has 0 aliphatic carbocycles. The molecule has 2 nitrogen and oxygen atoms in total. The predicted octanol–water partition coefficient (Wildman–Crippen LogP) is 2.00. The highest BCUT2D eigenvalue weighted by Crippen LogP contribution is 2.21. The van der Waals surface area contributed by atoms with E-state index in [0.29, 0.717) is 5.56 Å². The van der Waals surface area contributed by atoms with Crippen molar-refractivity contribution in [3.05, 3.63) is 34.9 Å². The molecule has 0 aliphatic heterocycles. The molecule has 0 aliphatic rings. The second kappa shape index (κ2) is 3.30. The summed E-state index contributed by atoms with van der Waals surface area (Å²) in [6.07, 6.45) is 0.851. The fourth-order valence-corrected chi connectivity index (χ4v) is 1.33. The van der Waals surface area contributed by atoms with Gasteiger partial charge in [-0.25, -0.2) is 0 Å². The maximum absolute atomic E-state index is 10.7. The lowest BCUT2D eigenvalue weighted by Crippen LogP contribution is -2.30. The van der Waals surface area contributed by atoms with Crippen molar-refractivity contribution in [2.45, 2.75) is 26.3 Å². The zero-order valence-corrected chi connectivity index (χ0v) is 8.29. The van der Waals surface area contributed by atoms with Crippen molar-refractivity contribution >= 4 is 6.29 Å². The summed E-state index contributed by atoms with van der Waals surface area (Å²) in [5, 5.41) is 0. The Morgan fingerprint density at radius 1 is 1.38 bits per heavy atom. The average Bonchev–Trinajstić information content (AvgIpc) is 2.03. The first-order valence-corrected chi connectivity index (χ1v) is 4.30. The smallest absolute Gasteiger partial charge is 0.150 e. The monoisotopic (exact) mass is 177 g/mol. The molecule has 70 valence electrons. The normalized spacial score (nSPS) is 11.4. The Balaban J connectivity index is 3.32. The summed E-state index contributed by atoms with van der Waals surface area (Å²) in [7, 11) is 0. The van der Waals surface area contributed by atoms with E-state index in [1.165, 1.54) is 0 Å². The summed E-state index contributed by atoms with van der Waals surface area (Å²) in [5.41, 5.74) is 8.20. The quantitative estimate of drug-likeness (QED) is 0.702. The lowest BCUT2D eigenvalue weighted by Gasteiger charge is -2.21. The van der Waals surface area contributed by atoms with Crippen LogP contribution in [0.25, 0.3) is 0 Å². The van der Waals surface area contributed by atoms with Gasteiger partial charge in [0.2, 0.25) is 0 Å². The van der Waals surface area contributed by atoms with Crippen LogP contribution in [0.5, 0.6) is 0 Å². The van der Waals surface area contributed by atoms with Crippen LogP contribution in [-0.2, 0) is 5.54 Å². The van der Waals surface area contributed by atoms with Crippen LogP contribution < -0.4 is 5.73 Å². The summed E-state index contributed by atoms with van der Waals surface area (Å²) in [5.74, 6) is 0. The molecule has 0 spiro atoms. The van der Waals surface area contributed by atoms with E-state index in [1.807, 2.05) is 39.0 Å². The fourth-order valence-electron chi connectivity index (χ4n) is 1.33. The van der Waals surface area contributed by atoms with Gasteiger partial charge in [0.25, 0.3) is 0 Å². The third-order valence-electron chi connectivity index (χ3n) is 2.03. The summed E-state index contributed by atoms with van der Waals surface area (Å²) in [6.45, 7) is 5.79. The Morgan fingerprint density at radius 3 is 2.46 bits per heavy atom. The molecular weight excluding hydrogens is 162 g/mol. The van der Waals surface area contributed by atoms with Gasteiger partial charge in [-0.3, -0.25) is 4.79 Å². The minimum Gasteiger partial charge on any atom is -0.322 e. The summed E-state index contributed by atoms with van der Waals surface area (Å²) in [4.78, 5) is 10.7. The van der Waals surface area contributed by atoms with Crippen LogP contribution in [0.15, 0.2) is 18.2 Å². The van der Waals surface area contributed by atoms with Gasteiger partial charge in [0.1, 0.15) is 6.29 Å². The second-order valence-electron chi connectivity index (χ2n) is 3.93. The van der Waals surface area contributed by atoms with Crippen molar-refractivity contribution < 1.29 is 4.79 Å². The molecular formula is C11H15NO. The van der Waals surface area contributed by atoms with Gasteiger partial charge < -0.3 is 5.73 Å². The molecule has 13 heavy (non-hydrogen) atoms. The van der Waals surface area contributed by atoms with Crippen molar-refractivity contribution in [3.63, 3.8) is 0 Å². The lowest BCUT2D eigenvalue weighted by molar-refractivity contribution is 0.112. The number of nitrogens with two attached hydrogens (primary N) is 1. The number of aldehydes is 1. The second-order valence-corrected chi connectivity index (χ2v) is 3.93. The first-order valence-electron chi connectivity index (χ1n) is 4.30. The van der Waals surface area contributed by atoms with Crippen LogP contribution >= 0.6 is 0 Å². The molecule has 0 saturated carbocycles. The molecule has 0 atom stereocenters. The van der Waals surface area contributed by atoms with Gasteiger partial charge in [0.05, 0.1) is 0 Å². The number of rotatable bonds is 2. The number of carbonyl (C=O) groups is 1. The van der Waals surface area contributed by atoms with E-state index in [9.17, 15) is 4.79 Å². The first-order chi connectivity index (χ1) is 5.95. The Bertz CT molecular complexity index is 323. The van der Waals surface area contributed by atoms with Crippen molar-refractivity contribution in [3.8, 4) is 0 Å². The zero-order chi connectivity index (χ0) is 10.1. The number of hydrogen-bond donors (Lipinski definition) is 1. The molecule has 1 rings (SSSR count). The van der Waals surface area contributed by atoms with Crippen LogP contribution in [0.1, 0.15) is 35.3 Å². The predicted molar refractivity (Wildman–Crippen MR) is 53.8 cm³/mol. The van der Waals surface area contributed by atoms with Crippen LogP contribution in [0.3, 0.4) is 0 Å². The van der Waals surface area contributed by atoms with Gasteiger partial charge in [-0.15, -0.1) is 0 Å². The Labute approximate surface area is 78.8 Å². The largest absolute Gasteiger partial charge is 0.322 e. The SMILES string of the molecule is Cc1ccc(C=O)c(C(C)(C)N)c1. The van der Waals surface area contributed by atoms with Gasteiger partial charge in [-0.1, -0.05) is 23.8 Å². The third-order valence-corrected chi connectivity index (χ3v) is 2.03. The molecule has 0 bridgehead atoms. The lowest BCUT2D eigenvalue weighted by atomic mass is 9.90. The molecule has 0 amide bonds. The Hall–Kier alpha value is -1.15. The van der Waals surface area contributed by atoms with E-state index in [0.717, 1.165) is 17.4 Å². The van der Waals surface area contributed by atoms with E-state index in [1.54, 1.807) is 0 Å². The van der Waals surface area contributed by atoms with Crippen molar-refractivity contribution in [1.29, 1.82) is 0 Å². The minimum absolute atomic E-state index is 0.456. The molecule has 0 unspecified atom stereocenters. The van der Waals surface area contributed by atoms with Gasteiger partial charge in [-0.2, -0.15) is 0 Å². The van der Waals surface area contributed by atoms with E-state index >= 15 is 0 Å². The van der Waals surface area contributed by atoms with E-state index in [2.05, 4.69) is 0 Å². The molecule has 2 heteroatoms. The molecule has 0 heterocycles. The van der Waals surface area contributed by atoms with Crippen molar-refractivity contribution in [2.24, 2.45) is 5.73 Å². The number of aryl methyl sites for hydroxylation is 1. The van der Waals surface area contributed by atoms with Crippen molar-refractivity contribution in [1.82, 2.24) is 0 Å². The highest BCUT2D eigenvalue weighted by molar-refractivity contribution is 5.78. The molecule has 2 N–H and O–H groups in total. The van der Waals surface area contributed by atoms with Gasteiger partial charge >= 0.3 is 0 Å². The maximum atomic E-state index is 10.7. The summed E-state index contributed by atoms with van der Waals surface area (Å²) in [6, 6.07) is 5.69. The van der Waals surface area contributed by atoms with Gasteiger partial charge in [0.15, 0.2) is 0 Å². The van der Waals surface area contributed by atoms with E-state index in [4.69, 9.17) is 5.73 Å². The van der Waals surface area contributed by atoms with E-state index < -0.39 is 5.54 Å². The van der Waals surface area contributed by atoms with Crippen LogP contribution in [-0.4, -0.2) is 6.29 Å². The van der Waals surface area contributed by atoms with Gasteiger partial charge in [-0.05, 0) is 26.3 Å². The summed E-state index contributed by atoms with van der Waals surface area (Å²) < 4.78 is 0. The molecule has 0 aromatic heterocycles. The molecule has 1 aromatic carbocycles. The molecule has 0 saturated heterocycles. The highest BCUT2D eigenvalue weighted by Gasteiger charge is 2.17. The minimum atomic E-state index is -0.456. The summed E-state index contributed by atoms with van der Waals surface area (Å²) >= 11 is 0.